The summed E-state index contributed by atoms with van der Waals surface area (Å²) in [7, 11) is 0. The number of aromatic amines is 1. The summed E-state index contributed by atoms with van der Waals surface area (Å²) in [4.78, 5) is 0. The Bertz CT molecular complexity index is 341. The van der Waals surface area contributed by atoms with E-state index in [4.69, 9.17) is 5.73 Å². The first kappa shape index (κ1) is 8.27. The summed E-state index contributed by atoms with van der Waals surface area (Å²) in [6.07, 6.45) is 2.26. The molecule has 0 amide bonds. The van der Waals surface area contributed by atoms with Crippen LogP contribution >= 0.6 is 11.5 Å². The van der Waals surface area contributed by atoms with Crippen molar-refractivity contribution in [2.75, 3.05) is 0 Å². The van der Waals surface area contributed by atoms with Gasteiger partial charge in [0.25, 0.3) is 0 Å². The second kappa shape index (κ2) is 3.58. The van der Waals surface area contributed by atoms with Gasteiger partial charge in [-0.05, 0) is 11.5 Å². The summed E-state index contributed by atoms with van der Waals surface area (Å²) in [6, 6.07) is -0.164. The van der Waals surface area contributed by atoms with Crippen LogP contribution in [-0.4, -0.2) is 25.0 Å². The van der Waals surface area contributed by atoms with Crippen molar-refractivity contribution in [1.29, 1.82) is 0 Å². The van der Waals surface area contributed by atoms with E-state index in [9.17, 15) is 0 Å². The van der Waals surface area contributed by atoms with E-state index in [1.807, 2.05) is 5.38 Å². The molecule has 3 N–H and O–H groups in total. The molecule has 1 unspecified atom stereocenters. The number of hydrogen-bond acceptors (Lipinski definition) is 6. The fourth-order valence-corrected chi connectivity index (χ4v) is 1.46. The highest BCUT2D eigenvalue weighted by Gasteiger charge is 2.10. The van der Waals surface area contributed by atoms with Gasteiger partial charge in [0, 0.05) is 11.8 Å². The van der Waals surface area contributed by atoms with Gasteiger partial charge in [-0.1, -0.05) is 4.49 Å². The van der Waals surface area contributed by atoms with Gasteiger partial charge in [-0.2, -0.15) is 15.4 Å². The first-order valence-electron chi connectivity index (χ1n) is 3.73. The zero-order valence-electron chi connectivity index (χ0n) is 6.71. The fourth-order valence-electron chi connectivity index (χ4n) is 0.992. The normalized spacial score (nSPS) is 13.0. The number of hydrogen-bond donors (Lipinski definition) is 2. The molecule has 7 heteroatoms. The molecule has 0 aliphatic rings. The van der Waals surface area contributed by atoms with Crippen molar-refractivity contribution < 1.29 is 0 Å². The minimum Gasteiger partial charge on any atom is -0.322 e. The molecule has 6 nitrogen and oxygen atoms in total. The molecular weight excluding hydrogens is 188 g/mol. The van der Waals surface area contributed by atoms with Crippen LogP contribution in [0.4, 0.5) is 0 Å². The predicted octanol–water partition coefficient (Wildman–Crippen LogP) is -0.101. The molecule has 2 heterocycles. The van der Waals surface area contributed by atoms with Gasteiger partial charge < -0.3 is 5.73 Å². The van der Waals surface area contributed by atoms with Crippen LogP contribution in [-0.2, 0) is 6.42 Å². The topological polar surface area (TPSA) is 93.4 Å². The lowest BCUT2D eigenvalue weighted by molar-refractivity contribution is 0.677. The SMILES string of the molecule is NC(Cc1csnn1)c1cn[nH]n1. The zero-order chi connectivity index (χ0) is 9.10. The van der Waals surface area contributed by atoms with Gasteiger partial charge in [-0.25, -0.2) is 0 Å². The zero-order valence-corrected chi connectivity index (χ0v) is 7.53. The Morgan fingerprint density at radius 2 is 2.54 bits per heavy atom. The van der Waals surface area contributed by atoms with Crippen LogP contribution in [0.3, 0.4) is 0 Å². The molecule has 0 aliphatic heterocycles. The number of aromatic nitrogens is 5. The maximum absolute atomic E-state index is 5.85. The Balaban J connectivity index is 2.04. The quantitative estimate of drug-likeness (QED) is 0.715. The van der Waals surface area contributed by atoms with Crippen LogP contribution in [0.15, 0.2) is 11.6 Å². The minimum absolute atomic E-state index is 0.164. The highest BCUT2D eigenvalue weighted by atomic mass is 32.1. The van der Waals surface area contributed by atoms with Crippen molar-refractivity contribution >= 4 is 11.5 Å². The number of nitrogens with two attached hydrogens (primary N) is 1. The van der Waals surface area contributed by atoms with Crippen molar-refractivity contribution in [3.8, 4) is 0 Å². The van der Waals surface area contributed by atoms with E-state index < -0.39 is 0 Å². The van der Waals surface area contributed by atoms with Crippen molar-refractivity contribution in [3.63, 3.8) is 0 Å². The molecule has 0 radical (unpaired) electrons. The molecule has 13 heavy (non-hydrogen) atoms. The van der Waals surface area contributed by atoms with E-state index in [1.165, 1.54) is 11.5 Å². The summed E-state index contributed by atoms with van der Waals surface area (Å²) in [5.74, 6) is 0. The third-order valence-corrected chi connectivity index (χ3v) is 2.20. The van der Waals surface area contributed by atoms with Crippen LogP contribution in [0.2, 0.25) is 0 Å². The van der Waals surface area contributed by atoms with Crippen molar-refractivity contribution in [2.24, 2.45) is 5.73 Å². The van der Waals surface area contributed by atoms with E-state index in [1.54, 1.807) is 6.20 Å². The average Bonchev–Trinajstić information content (AvgIpc) is 2.74. The van der Waals surface area contributed by atoms with E-state index in [-0.39, 0.29) is 6.04 Å². The van der Waals surface area contributed by atoms with Crippen molar-refractivity contribution in [1.82, 2.24) is 25.0 Å². The molecule has 2 aromatic heterocycles. The summed E-state index contributed by atoms with van der Waals surface area (Å²) in [5.41, 5.74) is 7.48. The lowest BCUT2D eigenvalue weighted by atomic mass is 10.1. The molecule has 0 bridgehead atoms. The van der Waals surface area contributed by atoms with E-state index in [0.29, 0.717) is 6.42 Å². The summed E-state index contributed by atoms with van der Waals surface area (Å²) in [5, 5.41) is 15.9. The van der Waals surface area contributed by atoms with Crippen LogP contribution in [0.25, 0.3) is 0 Å². The van der Waals surface area contributed by atoms with Crippen molar-refractivity contribution in [3.05, 3.63) is 23.0 Å². The number of nitrogens with zero attached hydrogens (tertiary/aromatic N) is 4. The lowest BCUT2D eigenvalue weighted by Crippen LogP contribution is -2.14. The number of rotatable bonds is 3. The third kappa shape index (κ3) is 1.87. The molecule has 2 aromatic rings. The standard InChI is InChI=1S/C6H8N6S/c7-5(6-2-8-11-10-6)1-4-3-13-12-9-4/h2-3,5H,1,7H2,(H,8,10,11). The molecule has 0 aromatic carbocycles. The summed E-state index contributed by atoms with van der Waals surface area (Å²) in [6.45, 7) is 0. The van der Waals surface area contributed by atoms with Crippen LogP contribution in [0.5, 0.6) is 0 Å². The summed E-state index contributed by atoms with van der Waals surface area (Å²) < 4.78 is 3.75. The largest absolute Gasteiger partial charge is 0.322 e. The predicted molar refractivity (Wildman–Crippen MR) is 46.9 cm³/mol. The number of nitrogens with one attached hydrogen (secondary N) is 1. The maximum Gasteiger partial charge on any atom is 0.0995 e. The van der Waals surface area contributed by atoms with Gasteiger partial charge in [0.15, 0.2) is 0 Å². The van der Waals surface area contributed by atoms with E-state index in [0.717, 1.165) is 11.4 Å². The molecule has 0 spiro atoms. The summed E-state index contributed by atoms with van der Waals surface area (Å²) >= 11 is 1.32. The third-order valence-electron chi connectivity index (χ3n) is 1.65. The second-order valence-corrected chi connectivity index (χ2v) is 3.21. The molecule has 68 valence electrons. The molecule has 0 aliphatic carbocycles. The smallest absolute Gasteiger partial charge is 0.0995 e. The molecule has 1 atom stereocenters. The Morgan fingerprint density at radius 3 is 3.15 bits per heavy atom. The van der Waals surface area contributed by atoms with Gasteiger partial charge in [0.05, 0.1) is 23.6 Å². The molecule has 0 saturated carbocycles. The molecular formula is C6H8N6S. The maximum atomic E-state index is 5.85. The Morgan fingerprint density at radius 1 is 1.62 bits per heavy atom. The molecule has 2 rings (SSSR count). The highest BCUT2D eigenvalue weighted by molar-refractivity contribution is 7.03. The first-order chi connectivity index (χ1) is 6.36. The minimum atomic E-state index is -0.164. The fraction of sp³-hybridized carbons (Fsp3) is 0.333. The monoisotopic (exact) mass is 196 g/mol. The highest BCUT2D eigenvalue weighted by Crippen LogP contribution is 2.11. The van der Waals surface area contributed by atoms with Gasteiger partial charge in [0.2, 0.25) is 0 Å². The van der Waals surface area contributed by atoms with Crippen LogP contribution in [0.1, 0.15) is 17.4 Å². The molecule has 0 saturated heterocycles. The second-order valence-electron chi connectivity index (χ2n) is 2.60. The van der Waals surface area contributed by atoms with Gasteiger partial charge in [-0.3, -0.25) is 0 Å². The first-order valence-corrected chi connectivity index (χ1v) is 4.57. The van der Waals surface area contributed by atoms with Crippen molar-refractivity contribution in [2.45, 2.75) is 12.5 Å². The average molecular weight is 196 g/mol. The number of H-pyrrole nitrogens is 1. The van der Waals surface area contributed by atoms with Gasteiger partial charge >= 0.3 is 0 Å². The van der Waals surface area contributed by atoms with Crippen LogP contribution < -0.4 is 5.73 Å². The van der Waals surface area contributed by atoms with E-state index in [2.05, 4.69) is 25.0 Å². The molecule has 0 fully saturated rings. The van der Waals surface area contributed by atoms with Gasteiger partial charge in [-0.15, -0.1) is 5.10 Å². The lowest BCUT2D eigenvalue weighted by Gasteiger charge is -2.03. The Hall–Kier alpha value is -1.34. The van der Waals surface area contributed by atoms with E-state index >= 15 is 0 Å². The Kier molecular flexibility index (Phi) is 2.28. The van der Waals surface area contributed by atoms with Crippen LogP contribution in [0, 0.1) is 0 Å². The van der Waals surface area contributed by atoms with Gasteiger partial charge in [0.1, 0.15) is 0 Å². The Labute approximate surface area is 78.3 Å².